The monoisotopic (exact) mass is 158 g/mol. The molecule has 0 saturated heterocycles. The molecule has 0 aromatic heterocycles. The SMILES string of the molecule is COC1CCCC(C)CC1O. The second-order valence-electron chi connectivity index (χ2n) is 3.61. The van der Waals surface area contributed by atoms with Gasteiger partial charge in [0.15, 0.2) is 0 Å². The number of rotatable bonds is 1. The smallest absolute Gasteiger partial charge is 0.0830 e. The second-order valence-corrected chi connectivity index (χ2v) is 3.61. The minimum Gasteiger partial charge on any atom is -0.390 e. The number of ether oxygens (including phenoxy) is 1. The highest BCUT2D eigenvalue weighted by Crippen LogP contribution is 2.24. The molecule has 1 N–H and O–H groups in total. The molecule has 0 aliphatic heterocycles. The Hall–Kier alpha value is -0.0800. The topological polar surface area (TPSA) is 29.5 Å². The first-order valence-corrected chi connectivity index (χ1v) is 4.45. The molecule has 1 saturated carbocycles. The van der Waals surface area contributed by atoms with Crippen LogP contribution in [0.2, 0.25) is 0 Å². The molecule has 2 heteroatoms. The van der Waals surface area contributed by atoms with Gasteiger partial charge in [0.05, 0.1) is 12.2 Å². The lowest BCUT2D eigenvalue weighted by Crippen LogP contribution is -2.27. The fourth-order valence-electron chi connectivity index (χ4n) is 1.82. The van der Waals surface area contributed by atoms with Gasteiger partial charge in [0.1, 0.15) is 0 Å². The number of methoxy groups -OCH3 is 1. The summed E-state index contributed by atoms with van der Waals surface area (Å²) < 4.78 is 5.18. The fourth-order valence-corrected chi connectivity index (χ4v) is 1.82. The summed E-state index contributed by atoms with van der Waals surface area (Å²) >= 11 is 0. The lowest BCUT2D eigenvalue weighted by atomic mass is 10.0. The van der Waals surface area contributed by atoms with Gasteiger partial charge in [-0.1, -0.05) is 19.8 Å². The Bertz CT molecular complexity index is 114. The number of hydrogen-bond donors (Lipinski definition) is 1. The summed E-state index contributed by atoms with van der Waals surface area (Å²) in [4.78, 5) is 0. The van der Waals surface area contributed by atoms with Gasteiger partial charge in [-0.05, 0) is 18.8 Å². The lowest BCUT2D eigenvalue weighted by molar-refractivity contribution is -0.0181. The quantitative estimate of drug-likeness (QED) is 0.587. The van der Waals surface area contributed by atoms with Crippen LogP contribution in [0.5, 0.6) is 0 Å². The molecule has 11 heavy (non-hydrogen) atoms. The average Bonchev–Trinajstić information content (AvgIpc) is 2.11. The number of hydrogen-bond acceptors (Lipinski definition) is 2. The fraction of sp³-hybridized carbons (Fsp3) is 1.00. The standard InChI is InChI=1S/C9H18O2/c1-7-4-3-5-9(11-2)8(10)6-7/h7-10H,3-6H2,1-2H3. The van der Waals surface area contributed by atoms with Crippen LogP contribution in [0, 0.1) is 5.92 Å². The molecule has 0 amide bonds. The van der Waals surface area contributed by atoms with Crippen molar-refractivity contribution in [2.24, 2.45) is 5.92 Å². The van der Waals surface area contributed by atoms with Crippen molar-refractivity contribution < 1.29 is 9.84 Å². The predicted molar refractivity (Wildman–Crippen MR) is 44.4 cm³/mol. The Morgan fingerprint density at radius 2 is 2.09 bits per heavy atom. The highest BCUT2D eigenvalue weighted by Gasteiger charge is 2.24. The van der Waals surface area contributed by atoms with Gasteiger partial charge in [0.25, 0.3) is 0 Å². The predicted octanol–water partition coefficient (Wildman–Crippen LogP) is 1.57. The van der Waals surface area contributed by atoms with Gasteiger partial charge in [-0.3, -0.25) is 0 Å². The van der Waals surface area contributed by atoms with Crippen LogP contribution in [0.15, 0.2) is 0 Å². The van der Waals surface area contributed by atoms with Gasteiger partial charge >= 0.3 is 0 Å². The van der Waals surface area contributed by atoms with E-state index in [0.717, 1.165) is 12.8 Å². The Morgan fingerprint density at radius 1 is 1.36 bits per heavy atom. The van der Waals surface area contributed by atoms with Gasteiger partial charge in [0.2, 0.25) is 0 Å². The summed E-state index contributed by atoms with van der Waals surface area (Å²) in [7, 11) is 1.68. The molecular weight excluding hydrogens is 140 g/mol. The Balaban J connectivity index is 2.43. The average molecular weight is 158 g/mol. The van der Waals surface area contributed by atoms with Crippen molar-refractivity contribution in [1.29, 1.82) is 0 Å². The van der Waals surface area contributed by atoms with E-state index < -0.39 is 0 Å². The van der Waals surface area contributed by atoms with E-state index in [9.17, 15) is 5.11 Å². The van der Waals surface area contributed by atoms with Crippen molar-refractivity contribution in [3.8, 4) is 0 Å². The summed E-state index contributed by atoms with van der Waals surface area (Å²) in [5.74, 6) is 0.658. The van der Waals surface area contributed by atoms with Crippen molar-refractivity contribution >= 4 is 0 Å². The van der Waals surface area contributed by atoms with E-state index in [1.807, 2.05) is 0 Å². The third kappa shape index (κ3) is 2.46. The molecule has 0 aromatic carbocycles. The highest BCUT2D eigenvalue weighted by molar-refractivity contribution is 4.75. The van der Waals surface area contributed by atoms with E-state index in [0.29, 0.717) is 5.92 Å². The molecule has 3 atom stereocenters. The van der Waals surface area contributed by atoms with Crippen molar-refractivity contribution in [1.82, 2.24) is 0 Å². The van der Waals surface area contributed by atoms with Crippen molar-refractivity contribution in [2.45, 2.75) is 44.8 Å². The van der Waals surface area contributed by atoms with Crippen LogP contribution in [0.4, 0.5) is 0 Å². The molecule has 0 heterocycles. The number of aliphatic hydroxyl groups is 1. The second kappa shape index (κ2) is 4.07. The van der Waals surface area contributed by atoms with Crippen LogP contribution >= 0.6 is 0 Å². The summed E-state index contributed by atoms with van der Waals surface area (Å²) in [6.07, 6.45) is 4.19. The van der Waals surface area contributed by atoms with Crippen LogP contribution in [-0.4, -0.2) is 24.4 Å². The molecule has 1 aliphatic rings. The molecule has 1 aliphatic carbocycles. The van der Waals surface area contributed by atoms with Crippen LogP contribution in [0.1, 0.15) is 32.6 Å². The van der Waals surface area contributed by atoms with Crippen molar-refractivity contribution in [3.63, 3.8) is 0 Å². The highest BCUT2D eigenvalue weighted by atomic mass is 16.5. The van der Waals surface area contributed by atoms with Gasteiger partial charge in [-0.2, -0.15) is 0 Å². The Kier molecular flexibility index (Phi) is 3.34. The maximum absolute atomic E-state index is 9.59. The molecule has 0 spiro atoms. The van der Waals surface area contributed by atoms with Crippen LogP contribution in [0.25, 0.3) is 0 Å². The minimum absolute atomic E-state index is 0.0833. The Labute approximate surface area is 68.6 Å². The van der Waals surface area contributed by atoms with Crippen LogP contribution < -0.4 is 0 Å². The largest absolute Gasteiger partial charge is 0.390 e. The normalized spacial score (nSPS) is 40.1. The summed E-state index contributed by atoms with van der Waals surface area (Å²) in [5.41, 5.74) is 0. The maximum atomic E-state index is 9.59. The molecule has 0 radical (unpaired) electrons. The zero-order valence-corrected chi connectivity index (χ0v) is 7.42. The molecule has 0 bridgehead atoms. The molecule has 1 fully saturated rings. The lowest BCUT2D eigenvalue weighted by Gasteiger charge is -2.19. The van der Waals surface area contributed by atoms with Gasteiger partial charge in [-0.25, -0.2) is 0 Å². The first-order valence-electron chi connectivity index (χ1n) is 4.45. The van der Waals surface area contributed by atoms with E-state index in [2.05, 4.69) is 6.92 Å². The van der Waals surface area contributed by atoms with Gasteiger partial charge in [0, 0.05) is 7.11 Å². The summed E-state index contributed by atoms with van der Waals surface area (Å²) in [6.45, 7) is 2.20. The third-order valence-electron chi connectivity index (χ3n) is 2.56. The third-order valence-corrected chi connectivity index (χ3v) is 2.56. The molecule has 3 unspecified atom stereocenters. The molecule has 1 rings (SSSR count). The molecule has 2 nitrogen and oxygen atoms in total. The molecular formula is C9H18O2. The van der Waals surface area contributed by atoms with E-state index in [1.165, 1.54) is 12.8 Å². The first-order chi connectivity index (χ1) is 5.24. The van der Waals surface area contributed by atoms with E-state index in [4.69, 9.17) is 4.74 Å². The van der Waals surface area contributed by atoms with Crippen LogP contribution in [0.3, 0.4) is 0 Å². The zero-order valence-electron chi connectivity index (χ0n) is 7.42. The summed E-state index contributed by atoms with van der Waals surface area (Å²) in [5, 5.41) is 9.59. The Morgan fingerprint density at radius 3 is 2.73 bits per heavy atom. The zero-order chi connectivity index (χ0) is 8.27. The van der Waals surface area contributed by atoms with Crippen molar-refractivity contribution in [2.75, 3.05) is 7.11 Å². The maximum Gasteiger partial charge on any atom is 0.0830 e. The minimum atomic E-state index is -0.238. The first kappa shape index (κ1) is 9.01. The van der Waals surface area contributed by atoms with Crippen molar-refractivity contribution in [3.05, 3.63) is 0 Å². The van der Waals surface area contributed by atoms with E-state index >= 15 is 0 Å². The van der Waals surface area contributed by atoms with Gasteiger partial charge < -0.3 is 9.84 Å². The van der Waals surface area contributed by atoms with E-state index in [1.54, 1.807) is 7.11 Å². The molecule has 66 valence electrons. The van der Waals surface area contributed by atoms with Crippen LogP contribution in [-0.2, 0) is 4.74 Å². The number of aliphatic hydroxyl groups excluding tert-OH is 1. The van der Waals surface area contributed by atoms with E-state index in [-0.39, 0.29) is 12.2 Å². The molecule has 0 aromatic rings. The van der Waals surface area contributed by atoms with Gasteiger partial charge in [-0.15, -0.1) is 0 Å². The summed E-state index contributed by atoms with van der Waals surface area (Å²) in [6, 6.07) is 0.